The minimum atomic E-state index is -0.368. The molecule has 1 atom stereocenters. The molecule has 8 nitrogen and oxygen atoms in total. The van der Waals surface area contributed by atoms with Crippen molar-refractivity contribution >= 4 is 46.4 Å². The molecule has 1 aliphatic rings. The molecule has 1 aliphatic carbocycles. The smallest absolute Gasteiger partial charge is 0.255 e. The van der Waals surface area contributed by atoms with Crippen LogP contribution in [-0.2, 0) is 9.59 Å². The molecule has 5 rings (SSSR count). The lowest BCUT2D eigenvalue weighted by Gasteiger charge is -2.16. The third-order valence-corrected chi connectivity index (χ3v) is 6.56. The SMILES string of the molecule is O=C(Nc1cccc(NC(=O)c2ccc(C(=O)Nc3ccccc3)cc2)c1)C1=CCC(C(=O)Nc2ccccc2)C=C1. The monoisotopic (exact) mass is 556 g/mol. The number of carbonyl (C=O) groups is 4. The Morgan fingerprint density at radius 2 is 1.00 bits per heavy atom. The van der Waals surface area contributed by atoms with Gasteiger partial charge in [0.2, 0.25) is 5.91 Å². The van der Waals surface area contributed by atoms with Crippen LogP contribution in [-0.4, -0.2) is 23.6 Å². The second kappa shape index (κ2) is 13.1. The fourth-order valence-corrected chi connectivity index (χ4v) is 4.32. The van der Waals surface area contributed by atoms with E-state index in [0.717, 1.165) is 5.69 Å². The molecule has 0 radical (unpaired) electrons. The van der Waals surface area contributed by atoms with Crippen molar-refractivity contribution in [2.24, 2.45) is 5.92 Å². The van der Waals surface area contributed by atoms with Crippen molar-refractivity contribution in [2.45, 2.75) is 6.42 Å². The van der Waals surface area contributed by atoms with Gasteiger partial charge >= 0.3 is 0 Å². The van der Waals surface area contributed by atoms with Crippen molar-refractivity contribution in [3.63, 3.8) is 0 Å². The van der Waals surface area contributed by atoms with E-state index >= 15 is 0 Å². The van der Waals surface area contributed by atoms with Crippen molar-refractivity contribution in [2.75, 3.05) is 21.3 Å². The largest absolute Gasteiger partial charge is 0.326 e. The van der Waals surface area contributed by atoms with Crippen molar-refractivity contribution in [3.8, 4) is 0 Å². The molecule has 0 fully saturated rings. The van der Waals surface area contributed by atoms with E-state index < -0.39 is 0 Å². The summed E-state index contributed by atoms with van der Waals surface area (Å²) >= 11 is 0. The second-order valence-corrected chi connectivity index (χ2v) is 9.60. The fraction of sp³-hybridized carbons (Fsp3) is 0.0588. The van der Waals surface area contributed by atoms with Gasteiger partial charge in [0.25, 0.3) is 17.7 Å². The second-order valence-electron chi connectivity index (χ2n) is 9.60. The standard InChI is InChI=1S/C34H28N4O4/c39-31(35-27-8-3-1-4-9-27)23-14-18-25(19-15-23)33(41)37-29-12-7-13-30(22-29)38-34(42)26-20-16-24(17-21-26)32(40)36-28-10-5-2-6-11-28/h1-16,18-22,24H,17H2,(H,35,39)(H,36,40)(H,37,41)(H,38,42). The first-order valence-corrected chi connectivity index (χ1v) is 13.4. The lowest BCUT2D eigenvalue weighted by atomic mass is 9.95. The number of hydrogen-bond acceptors (Lipinski definition) is 4. The van der Waals surface area contributed by atoms with Crippen LogP contribution in [0.1, 0.15) is 27.1 Å². The highest BCUT2D eigenvalue weighted by Crippen LogP contribution is 2.22. The maximum absolute atomic E-state index is 12.8. The molecule has 4 N–H and O–H groups in total. The van der Waals surface area contributed by atoms with E-state index in [1.807, 2.05) is 48.5 Å². The number of allylic oxidation sites excluding steroid dienone is 1. The van der Waals surface area contributed by atoms with E-state index in [2.05, 4.69) is 21.3 Å². The molecule has 4 aromatic rings. The predicted molar refractivity (Wildman–Crippen MR) is 164 cm³/mol. The Morgan fingerprint density at radius 3 is 1.52 bits per heavy atom. The molecule has 208 valence electrons. The molecule has 0 aliphatic heterocycles. The number of carbonyl (C=O) groups excluding carboxylic acids is 4. The molecule has 42 heavy (non-hydrogen) atoms. The highest BCUT2D eigenvalue weighted by atomic mass is 16.2. The number of benzene rings is 4. The Morgan fingerprint density at radius 1 is 0.524 bits per heavy atom. The van der Waals surface area contributed by atoms with Gasteiger partial charge in [0.05, 0.1) is 5.92 Å². The Hall–Kier alpha value is -5.76. The van der Waals surface area contributed by atoms with Crippen LogP contribution in [0.3, 0.4) is 0 Å². The van der Waals surface area contributed by atoms with Crippen molar-refractivity contribution in [1.29, 1.82) is 0 Å². The molecule has 0 saturated heterocycles. The molecule has 0 saturated carbocycles. The first-order valence-electron chi connectivity index (χ1n) is 13.4. The average molecular weight is 557 g/mol. The van der Waals surface area contributed by atoms with E-state index in [4.69, 9.17) is 0 Å². The van der Waals surface area contributed by atoms with Gasteiger partial charge in [0, 0.05) is 39.4 Å². The Labute approximate surface area is 243 Å². The van der Waals surface area contributed by atoms with Gasteiger partial charge in [-0.15, -0.1) is 0 Å². The zero-order chi connectivity index (χ0) is 29.3. The third kappa shape index (κ3) is 7.25. The molecule has 8 heteroatoms. The molecular formula is C34H28N4O4. The quantitative estimate of drug-likeness (QED) is 0.205. The summed E-state index contributed by atoms with van der Waals surface area (Å²) < 4.78 is 0. The molecule has 1 unspecified atom stereocenters. The summed E-state index contributed by atoms with van der Waals surface area (Å²) in [5, 5.41) is 11.3. The summed E-state index contributed by atoms with van der Waals surface area (Å²) in [6.07, 6.45) is 5.50. The topological polar surface area (TPSA) is 116 Å². The van der Waals surface area contributed by atoms with E-state index in [-0.39, 0.29) is 29.5 Å². The van der Waals surface area contributed by atoms with Crippen molar-refractivity contribution < 1.29 is 19.2 Å². The molecule has 4 aromatic carbocycles. The molecule has 0 spiro atoms. The average Bonchev–Trinajstić information content (AvgIpc) is 3.02. The highest BCUT2D eigenvalue weighted by Gasteiger charge is 2.20. The molecule has 0 aromatic heterocycles. The Bertz CT molecular complexity index is 1660. The summed E-state index contributed by atoms with van der Waals surface area (Å²) in [6, 6.07) is 31.5. The summed E-state index contributed by atoms with van der Waals surface area (Å²) in [7, 11) is 0. The van der Waals surface area contributed by atoms with E-state index in [1.54, 1.807) is 78.9 Å². The minimum Gasteiger partial charge on any atom is -0.326 e. The van der Waals surface area contributed by atoms with Crippen LogP contribution in [0.15, 0.2) is 133 Å². The van der Waals surface area contributed by atoms with Gasteiger partial charge in [-0.05, 0) is 73.2 Å². The van der Waals surface area contributed by atoms with E-state index in [1.165, 1.54) is 0 Å². The minimum absolute atomic E-state index is 0.137. The maximum atomic E-state index is 12.8. The van der Waals surface area contributed by atoms with Gasteiger partial charge < -0.3 is 21.3 Å². The summed E-state index contributed by atoms with van der Waals surface area (Å²) in [6.45, 7) is 0. The van der Waals surface area contributed by atoms with Gasteiger partial charge in [0.15, 0.2) is 0 Å². The summed E-state index contributed by atoms with van der Waals surface area (Å²) in [5.74, 6) is -1.45. The molecule has 4 amide bonds. The van der Waals surface area contributed by atoms with Crippen LogP contribution in [0.25, 0.3) is 0 Å². The highest BCUT2D eigenvalue weighted by molar-refractivity contribution is 6.08. The van der Waals surface area contributed by atoms with E-state index in [0.29, 0.717) is 40.2 Å². The van der Waals surface area contributed by atoms with Gasteiger partial charge in [-0.3, -0.25) is 19.2 Å². The fourth-order valence-electron chi connectivity index (χ4n) is 4.32. The number of hydrogen-bond donors (Lipinski definition) is 4. The number of rotatable bonds is 8. The lowest BCUT2D eigenvalue weighted by Crippen LogP contribution is -2.23. The van der Waals surface area contributed by atoms with E-state index in [9.17, 15) is 19.2 Å². The first kappa shape index (κ1) is 27.8. The van der Waals surface area contributed by atoms with Crippen LogP contribution in [0.5, 0.6) is 0 Å². The number of nitrogens with one attached hydrogen (secondary N) is 4. The summed E-state index contributed by atoms with van der Waals surface area (Å²) in [5.41, 5.74) is 3.66. The zero-order valence-electron chi connectivity index (χ0n) is 22.5. The number of anilines is 4. The van der Waals surface area contributed by atoms with Gasteiger partial charge in [-0.25, -0.2) is 0 Å². The van der Waals surface area contributed by atoms with Crippen LogP contribution in [0.4, 0.5) is 22.7 Å². The molecule has 0 heterocycles. The number of para-hydroxylation sites is 2. The summed E-state index contributed by atoms with van der Waals surface area (Å²) in [4.78, 5) is 50.7. The third-order valence-electron chi connectivity index (χ3n) is 6.56. The van der Waals surface area contributed by atoms with Crippen molar-refractivity contribution in [3.05, 3.63) is 144 Å². The lowest BCUT2D eigenvalue weighted by molar-refractivity contribution is -0.118. The molecule has 0 bridgehead atoms. The normalized spacial score (nSPS) is 13.8. The zero-order valence-corrected chi connectivity index (χ0v) is 22.5. The van der Waals surface area contributed by atoms with Crippen LogP contribution >= 0.6 is 0 Å². The first-order chi connectivity index (χ1) is 20.4. The Kier molecular flexibility index (Phi) is 8.64. The van der Waals surface area contributed by atoms with Crippen LogP contribution < -0.4 is 21.3 Å². The molecular weight excluding hydrogens is 528 g/mol. The maximum Gasteiger partial charge on any atom is 0.255 e. The van der Waals surface area contributed by atoms with Crippen molar-refractivity contribution in [1.82, 2.24) is 0 Å². The number of amides is 4. The van der Waals surface area contributed by atoms with Gasteiger partial charge in [-0.2, -0.15) is 0 Å². The van der Waals surface area contributed by atoms with Gasteiger partial charge in [0.1, 0.15) is 0 Å². The van der Waals surface area contributed by atoms with Crippen LogP contribution in [0.2, 0.25) is 0 Å². The van der Waals surface area contributed by atoms with Crippen LogP contribution in [0, 0.1) is 5.92 Å². The Balaban J connectivity index is 1.14. The predicted octanol–water partition coefficient (Wildman–Crippen LogP) is 6.27. The van der Waals surface area contributed by atoms with Gasteiger partial charge in [-0.1, -0.05) is 60.7 Å².